The normalized spacial score (nSPS) is 11.2. The number of rotatable bonds is 2. The monoisotopic (exact) mass is 239 g/mol. The second-order valence-electron chi connectivity index (χ2n) is 3.29. The summed E-state index contributed by atoms with van der Waals surface area (Å²) in [6, 6.07) is 10.9. The third-order valence-electron chi connectivity index (χ3n) is 2.01. The minimum atomic E-state index is -4.43. The number of halogens is 3. The highest BCUT2D eigenvalue weighted by Crippen LogP contribution is 2.29. The first-order chi connectivity index (χ1) is 8.05. The zero-order valence-corrected chi connectivity index (χ0v) is 8.61. The van der Waals surface area contributed by atoms with Crippen molar-refractivity contribution in [3.05, 3.63) is 54.4 Å². The van der Waals surface area contributed by atoms with Gasteiger partial charge in [0.25, 0.3) is 0 Å². The van der Waals surface area contributed by atoms with Crippen LogP contribution in [0.1, 0.15) is 5.69 Å². The van der Waals surface area contributed by atoms with E-state index in [0.29, 0.717) is 5.75 Å². The fourth-order valence-electron chi connectivity index (χ4n) is 1.23. The lowest BCUT2D eigenvalue weighted by atomic mass is 10.3. The molecule has 0 aliphatic carbocycles. The molecule has 2 nitrogen and oxygen atoms in total. The zero-order chi connectivity index (χ0) is 12.3. The van der Waals surface area contributed by atoms with Crippen LogP contribution in [0.15, 0.2) is 48.7 Å². The second kappa shape index (κ2) is 4.45. The maximum atomic E-state index is 12.2. The number of alkyl halides is 3. The number of hydrogen-bond acceptors (Lipinski definition) is 2. The van der Waals surface area contributed by atoms with Gasteiger partial charge in [-0.25, -0.2) is 4.98 Å². The molecule has 1 aromatic carbocycles. The van der Waals surface area contributed by atoms with Gasteiger partial charge in [0.1, 0.15) is 17.2 Å². The molecule has 0 bridgehead atoms. The van der Waals surface area contributed by atoms with E-state index in [1.54, 1.807) is 24.3 Å². The van der Waals surface area contributed by atoms with Crippen LogP contribution in [-0.2, 0) is 6.18 Å². The summed E-state index contributed by atoms with van der Waals surface area (Å²) in [5.41, 5.74) is -0.932. The average molecular weight is 239 g/mol. The van der Waals surface area contributed by atoms with Crippen LogP contribution in [0.25, 0.3) is 0 Å². The summed E-state index contributed by atoms with van der Waals surface area (Å²) in [6.45, 7) is 0. The van der Waals surface area contributed by atoms with Crippen molar-refractivity contribution >= 4 is 0 Å². The third-order valence-corrected chi connectivity index (χ3v) is 2.01. The molecule has 17 heavy (non-hydrogen) atoms. The molecular formula is C12H8F3NO. The highest BCUT2D eigenvalue weighted by Gasteiger charge is 2.32. The number of aromatic nitrogens is 1. The molecule has 0 saturated heterocycles. The van der Waals surface area contributed by atoms with Crippen molar-refractivity contribution in [2.75, 3.05) is 0 Å². The van der Waals surface area contributed by atoms with Crippen molar-refractivity contribution in [2.45, 2.75) is 6.18 Å². The Balaban J connectivity index is 2.14. The van der Waals surface area contributed by atoms with Crippen LogP contribution in [-0.4, -0.2) is 4.98 Å². The van der Waals surface area contributed by atoms with E-state index in [9.17, 15) is 13.2 Å². The van der Waals surface area contributed by atoms with Crippen LogP contribution in [0.4, 0.5) is 13.2 Å². The molecular weight excluding hydrogens is 231 g/mol. The van der Waals surface area contributed by atoms with Gasteiger partial charge in [-0.1, -0.05) is 18.2 Å². The first kappa shape index (κ1) is 11.4. The first-order valence-electron chi connectivity index (χ1n) is 4.82. The van der Waals surface area contributed by atoms with E-state index in [2.05, 4.69) is 4.98 Å². The molecule has 1 aromatic heterocycles. The Bertz CT molecular complexity index is 479. The molecule has 0 N–H and O–H groups in total. The summed E-state index contributed by atoms with van der Waals surface area (Å²) in [6.07, 6.45) is -3.37. The number of ether oxygens (including phenoxy) is 1. The van der Waals surface area contributed by atoms with Gasteiger partial charge in [0.2, 0.25) is 0 Å². The van der Waals surface area contributed by atoms with Gasteiger partial charge in [0, 0.05) is 0 Å². The number of hydrogen-bond donors (Lipinski definition) is 0. The Morgan fingerprint density at radius 3 is 2.12 bits per heavy atom. The second-order valence-corrected chi connectivity index (χ2v) is 3.29. The molecule has 5 heteroatoms. The Hall–Kier alpha value is -2.04. The van der Waals surface area contributed by atoms with E-state index in [0.717, 1.165) is 12.3 Å². The number of benzene rings is 1. The SMILES string of the molecule is FC(F)(F)c1ccc(Oc2ccccc2)cn1. The van der Waals surface area contributed by atoms with Gasteiger partial charge in [-0.05, 0) is 24.3 Å². The third kappa shape index (κ3) is 2.96. The zero-order valence-electron chi connectivity index (χ0n) is 8.61. The highest BCUT2D eigenvalue weighted by molar-refractivity contribution is 5.29. The Labute approximate surface area is 95.7 Å². The summed E-state index contributed by atoms with van der Waals surface area (Å²) < 4.78 is 42.0. The lowest BCUT2D eigenvalue weighted by Gasteiger charge is -2.07. The van der Waals surface area contributed by atoms with Gasteiger partial charge in [-0.2, -0.15) is 13.2 Å². The number of nitrogens with zero attached hydrogens (tertiary/aromatic N) is 1. The molecule has 0 amide bonds. The summed E-state index contributed by atoms with van der Waals surface area (Å²) in [5.74, 6) is 0.818. The van der Waals surface area contributed by atoms with Crippen molar-refractivity contribution in [3.63, 3.8) is 0 Å². The molecule has 0 fully saturated rings. The van der Waals surface area contributed by atoms with Crippen molar-refractivity contribution in [2.24, 2.45) is 0 Å². The largest absolute Gasteiger partial charge is 0.456 e. The van der Waals surface area contributed by atoms with E-state index < -0.39 is 11.9 Å². The Kier molecular flexibility index (Phi) is 2.99. The van der Waals surface area contributed by atoms with Gasteiger partial charge in [0.15, 0.2) is 0 Å². The van der Waals surface area contributed by atoms with E-state index in [-0.39, 0.29) is 5.75 Å². The van der Waals surface area contributed by atoms with Crippen molar-refractivity contribution in [1.82, 2.24) is 4.98 Å². The lowest BCUT2D eigenvalue weighted by Crippen LogP contribution is -2.07. The molecule has 0 atom stereocenters. The summed E-state index contributed by atoms with van der Waals surface area (Å²) in [4.78, 5) is 3.30. The molecule has 1 heterocycles. The van der Waals surface area contributed by atoms with Crippen molar-refractivity contribution in [1.29, 1.82) is 0 Å². The molecule has 0 spiro atoms. The quantitative estimate of drug-likeness (QED) is 0.793. The smallest absolute Gasteiger partial charge is 0.433 e. The van der Waals surface area contributed by atoms with Crippen LogP contribution in [0.5, 0.6) is 11.5 Å². The van der Waals surface area contributed by atoms with Crippen LogP contribution >= 0.6 is 0 Å². The fourth-order valence-corrected chi connectivity index (χ4v) is 1.23. The number of pyridine rings is 1. The van der Waals surface area contributed by atoms with Gasteiger partial charge < -0.3 is 4.74 Å². The maximum Gasteiger partial charge on any atom is 0.433 e. The summed E-state index contributed by atoms with van der Waals surface area (Å²) >= 11 is 0. The van der Waals surface area contributed by atoms with Crippen molar-refractivity contribution < 1.29 is 17.9 Å². The van der Waals surface area contributed by atoms with E-state index in [4.69, 9.17) is 4.74 Å². The molecule has 0 aliphatic rings. The predicted octanol–water partition coefficient (Wildman–Crippen LogP) is 3.89. The van der Waals surface area contributed by atoms with E-state index in [1.807, 2.05) is 6.07 Å². The number of para-hydroxylation sites is 1. The van der Waals surface area contributed by atoms with Crippen LogP contribution in [0.3, 0.4) is 0 Å². The van der Waals surface area contributed by atoms with Gasteiger partial charge in [-0.3, -0.25) is 0 Å². The Morgan fingerprint density at radius 1 is 0.882 bits per heavy atom. The standard InChI is InChI=1S/C12H8F3NO/c13-12(14,15)11-7-6-10(8-16-11)17-9-4-2-1-3-5-9/h1-8H. The van der Waals surface area contributed by atoms with Gasteiger partial charge in [-0.15, -0.1) is 0 Å². The summed E-state index contributed by atoms with van der Waals surface area (Å²) in [5, 5.41) is 0. The fraction of sp³-hybridized carbons (Fsp3) is 0.0833. The van der Waals surface area contributed by atoms with Crippen LogP contribution in [0, 0.1) is 0 Å². The Morgan fingerprint density at radius 2 is 1.59 bits per heavy atom. The van der Waals surface area contributed by atoms with E-state index in [1.165, 1.54) is 6.07 Å². The lowest BCUT2D eigenvalue weighted by molar-refractivity contribution is -0.141. The van der Waals surface area contributed by atoms with Crippen LogP contribution < -0.4 is 4.74 Å². The minimum Gasteiger partial charge on any atom is -0.456 e. The molecule has 0 unspecified atom stereocenters. The first-order valence-corrected chi connectivity index (χ1v) is 4.82. The van der Waals surface area contributed by atoms with Gasteiger partial charge >= 0.3 is 6.18 Å². The minimum absolute atomic E-state index is 0.268. The molecule has 0 radical (unpaired) electrons. The summed E-state index contributed by atoms with van der Waals surface area (Å²) in [7, 11) is 0. The molecule has 2 rings (SSSR count). The highest BCUT2D eigenvalue weighted by atomic mass is 19.4. The molecule has 88 valence electrons. The maximum absolute atomic E-state index is 12.2. The topological polar surface area (TPSA) is 22.1 Å². The van der Waals surface area contributed by atoms with Gasteiger partial charge in [0.05, 0.1) is 6.20 Å². The molecule has 2 aromatic rings. The predicted molar refractivity (Wildman–Crippen MR) is 55.8 cm³/mol. The van der Waals surface area contributed by atoms with E-state index >= 15 is 0 Å². The molecule has 0 saturated carbocycles. The van der Waals surface area contributed by atoms with Crippen molar-refractivity contribution in [3.8, 4) is 11.5 Å². The average Bonchev–Trinajstić information content (AvgIpc) is 2.30. The van der Waals surface area contributed by atoms with Crippen LogP contribution in [0.2, 0.25) is 0 Å². The molecule has 0 aliphatic heterocycles.